The Bertz CT molecular complexity index is 357. The van der Waals surface area contributed by atoms with E-state index in [9.17, 15) is 5.11 Å². The predicted molar refractivity (Wildman–Crippen MR) is 65.7 cm³/mol. The highest BCUT2D eigenvalue weighted by molar-refractivity contribution is 5.43. The number of hydrogen-bond donors (Lipinski definition) is 2. The second-order valence-corrected chi connectivity index (χ2v) is 4.90. The fourth-order valence-corrected chi connectivity index (χ4v) is 1.86. The van der Waals surface area contributed by atoms with Gasteiger partial charge in [-0.05, 0) is 56.5 Å². The highest BCUT2D eigenvalue weighted by atomic mass is 16.5. The molecule has 0 bridgehead atoms. The average Bonchev–Trinajstić information content (AvgIpc) is 2.14. The highest BCUT2D eigenvalue weighted by Gasteiger charge is 2.27. The fourth-order valence-electron chi connectivity index (χ4n) is 1.86. The van der Waals surface area contributed by atoms with E-state index >= 15 is 0 Å². The molecule has 1 aromatic carbocycles. The summed E-state index contributed by atoms with van der Waals surface area (Å²) in [5, 5.41) is 10.2. The normalized spacial score (nSPS) is 13.7. The maximum absolute atomic E-state index is 10.2. The number of methoxy groups -OCH3 is 1. The summed E-state index contributed by atoms with van der Waals surface area (Å²) in [5.41, 5.74) is 8.19. The number of aliphatic hydroxyl groups is 1. The summed E-state index contributed by atoms with van der Waals surface area (Å²) >= 11 is 0. The second-order valence-electron chi connectivity index (χ2n) is 4.90. The molecule has 0 fully saturated rings. The quantitative estimate of drug-likeness (QED) is 0.825. The van der Waals surface area contributed by atoms with Crippen molar-refractivity contribution in [3.8, 4) is 5.75 Å². The van der Waals surface area contributed by atoms with E-state index in [1.165, 1.54) is 0 Å². The van der Waals surface area contributed by atoms with Crippen LogP contribution in [0.4, 0.5) is 0 Å². The van der Waals surface area contributed by atoms with E-state index in [2.05, 4.69) is 0 Å². The lowest BCUT2D eigenvalue weighted by Gasteiger charge is -2.29. The maximum Gasteiger partial charge on any atom is 0.119 e. The van der Waals surface area contributed by atoms with Crippen LogP contribution in [0.3, 0.4) is 0 Å². The Morgan fingerprint density at radius 1 is 1.25 bits per heavy atom. The number of nitrogens with two attached hydrogens (primary N) is 1. The Kier molecular flexibility index (Phi) is 3.61. The molecule has 0 aliphatic rings. The van der Waals surface area contributed by atoms with Crippen molar-refractivity contribution >= 4 is 0 Å². The highest BCUT2D eigenvalue weighted by Crippen LogP contribution is 2.31. The van der Waals surface area contributed by atoms with Gasteiger partial charge in [0.25, 0.3) is 0 Å². The summed E-state index contributed by atoms with van der Waals surface area (Å²) in [5.74, 6) is 0.806. The third kappa shape index (κ3) is 2.54. The summed E-state index contributed by atoms with van der Waals surface area (Å²) < 4.78 is 5.18. The van der Waals surface area contributed by atoms with E-state index in [0.29, 0.717) is 0 Å². The van der Waals surface area contributed by atoms with Crippen molar-refractivity contribution < 1.29 is 9.84 Å². The minimum atomic E-state index is -0.668. The first-order chi connectivity index (χ1) is 7.27. The Morgan fingerprint density at radius 2 is 1.69 bits per heavy atom. The molecule has 1 rings (SSSR count). The molecule has 0 amide bonds. The molecule has 16 heavy (non-hydrogen) atoms. The number of aryl methyl sites for hydroxylation is 2. The van der Waals surface area contributed by atoms with Crippen LogP contribution >= 0.6 is 0 Å². The van der Waals surface area contributed by atoms with Crippen molar-refractivity contribution in [1.82, 2.24) is 0 Å². The van der Waals surface area contributed by atoms with Crippen LogP contribution in [0.1, 0.15) is 36.6 Å². The molecule has 1 unspecified atom stereocenters. The largest absolute Gasteiger partial charge is 0.497 e. The van der Waals surface area contributed by atoms with Gasteiger partial charge in [0.15, 0.2) is 0 Å². The molecule has 0 spiro atoms. The van der Waals surface area contributed by atoms with Crippen LogP contribution in [0.25, 0.3) is 0 Å². The van der Waals surface area contributed by atoms with Gasteiger partial charge in [0.1, 0.15) is 5.75 Å². The monoisotopic (exact) mass is 223 g/mol. The third-order valence-corrected chi connectivity index (χ3v) is 2.78. The van der Waals surface area contributed by atoms with Crippen LogP contribution in [0, 0.1) is 13.8 Å². The van der Waals surface area contributed by atoms with Gasteiger partial charge in [-0.3, -0.25) is 0 Å². The smallest absolute Gasteiger partial charge is 0.119 e. The zero-order valence-electron chi connectivity index (χ0n) is 10.7. The van der Waals surface area contributed by atoms with Crippen LogP contribution in [0.2, 0.25) is 0 Å². The maximum atomic E-state index is 10.2. The molecule has 3 N–H and O–H groups in total. The Balaban J connectivity index is 3.25. The number of benzene rings is 1. The van der Waals surface area contributed by atoms with Gasteiger partial charge in [-0.25, -0.2) is 0 Å². The number of rotatable bonds is 3. The summed E-state index contributed by atoms with van der Waals surface area (Å²) in [6.07, 6.45) is -0.668. The van der Waals surface area contributed by atoms with Gasteiger partial charge < -0.3 is 15.6 Å². The predicted octanol–water partition coefficient (Wildman–Crippen LogP) is 2.08. The lowest BCUT2D eigenvalue weighted by atomic mass is 9.87. The van der Waals surface area contributed by atoms with Crippen molar-refractivity contribution in [3.05, 3.63) is 28.8 Å². The van der Waals surface area contributed by atoms with Gasteiger partial charge in [0.2, 0.25) is 0 Å². The minimum absolute atomic E-state index is 0.649. The van der Waals surface area contributed by atoms with E-state index in [4.69, 9.17) is 10.5 Å². The van der Waals surface area contributed by atoms with Gasteiger partial charge in [-0.15, -0.1) is 0 Å². The van der Waals surface area contributed by atoms with Gasteiger partial charge in [0, 0.05) is 5.54 Å². The molecule has 1 atom stereocenters. The molecule has 0 saturated carbocycles. The Labute approximate surface area is 97.2 Å². The summed E-state index contributed by atoms with van der Waals surface area (Å²) in [6, 6.07) is 3.83. The number of aliphatic hydroxyl groups excluding tert-OH is 1. The number of ether oxygens (including phenoxy) is 1. The number of hydrogen-bond acceptors (Lipinski definition) is 3. The van der Waals surface area contributed by atoms with E-state index in [1.54, 1.807) is 7.11 Å². The van der Waals surface area contributed by atoms with Gasteiger partial charge >= 0.3 is 0 Å². The van der Waals surface area contributed by atoms with Gasteiger partial charge in [0.05, 0.1) is 13.2 Å². The molecule has 0 heterocycles. The summed E-state index contributed by atoms with van der Waals surface area (Å²) in [4.78, 5) is 0. The molecule has 0 radical (unpaired) electrons. The van der Waals surface area contributed by atoms with Crippen molar-refractivity contribution in [2.24, 2.45) is 5.73 Å². The molecule has 0 aliphatic heterocycles. The van der Waals surface area contributed by atoms with Crippen LogP contribution < -0.4 is 10.5 Å². The standard InChI is InChI=1S/C13H21NO2/c1-8-6-10(16-5)7-9(2)11(8)12(15)13(3,4)14/h6-7,12,15H,14H2,1-5H3. The molecular formula is C13H21NO2. The van der Waals surface area contributed by atoms with Crippen LogP contribution in [-0.4, -0.2) is 17.8 Å². The molecule has 0 saturated heterocycles. The molecular weight excluding hydrogens is 202 g/mol. The van der Waals surface area contributed by atoms with Crippen molar-refractivity contribution in [2.45, 2.75) is 39.3 Å². The zero-order valence-corrected chi connectivity index (χ0v) is 10.7. The molecule has 0 aromatic heterocycles. The SMILES string of the molecule is COc1cc(C)c(C(O)C(C)(C)N)c(C)c1. The lowest BCUT2D eigenvalue weighted by Crippen LogP contribution is -2.39. The molecule has 90 valence electrons. The van der Waals surface area contributed by atoms with E-state index in [-0.39, 0.29) is 0 Å². The fraction of sp³-hybridized carbons (Fsp3) is 0.538. The molecule has 1 aromatic rings. The minimum Gasteiger partial charge on any atom is -0.497 e. The van der Waals surface area contributed by atoms with Gasteiger partial charge in [-0.2, -0.15) is 0 Å². The molecule has 3 nitrogen and oxygen atoms in total. The topological polar surface area (TPSA) is 55.5 Å². The van der Waals surface area contributed by atoms with Crippen molar-refractivity contribution in [3.63, 3.8) is 0 Å². The van der Waals surface area contributed by atoms with Crippen LogP contribution in [-0.2, 0) is 0 Å². The van der Waals surface area contributed by atoms with E-state index in [0.717, 1.165) is 22.4 Å². The lowest BCUT2D eigenvalue weighted by molar-refractivity contribution is 0.103. The zero-order chi connectivity index (χ0) is 12.5. The van der Waals surface area contributed by atoms with Gasteiger partial charge in [-0.1, -0.05) is 0 Å². The Hall–Kier alpha value is -1.06. The molecule has 3 heteroatoms. The van der Waals surface area contributed by atoms with E-state index < -0.39 is 11.6 Å². The molecule has 0 aliphatic carbocycles. The third-order valence-electron chi connectivity index (χ3n) is 2.78. The van der Waals surface area contributed by atoms with Crippen LogP contribution in [0.5, 0.6) is 5.75 Å². The first kappa shape index (κ1) is 13.0. The van der Waals surface area contributed by atoms with E-state index in [1.807, 2.05) is 39.8 Å². The summed E-state index contributed by atoms with van der Waals surface area (Å²) in [7, 11) is 1.64. The average molecular weight is 223 g/mol. The van der Waals surface area contributed by atoms with Crippen LogP contribution in [0.15, 0.2) is 12.1 Å². The summed E-state index contributed by atoms with van der Waals surface area (Å²) in [6.45, 7) is 7.56. The Morgan fingerprint density at radius 3 is 2.00 bits per heavy atom. The first-order valence-corrected chi connectivity index (χ1v) is 5.39. The van der Waals surface area contributed by atoms with Crippen molar-refractivity contribution in [1.29, 1.82) is 0 Å². The second kappa shape index (κ2) is 4.44. The van der Waals surface area contributed by atoms with Crippen molar-refractivity contribution in [2.75, 3.05) is 7.11 Å². The first-order valence-electron chi connectivity index (χ1n) is 5.39.